The minimum absolute atomic E-state index is 0.721. The van der Waals surface area contributed by atoms with Crippen molar-refractivity contribution in [2.75, 3.05) is 5.32 Å². The molecule has 1 aromatic heterocycles. The number of hydrogen-bond acceptors (Lipinski definition) is 2. The molecule has 3 heteroatoms. The van der Waals surface area contributed by atoms with Crippen LogP contribution in [0.2, 0.25) is 0 Å². The molecule has 0 saturated heterocycles. The first-order valence-corrected chi connectivity index (χ1v) is 6.14. The van der Waals surface area contributed by atoms with Gasteiger partial charge in [-0.25, -0.2) is 0 Å². The van der Waals surface area contributed by atoms with Gasteiger partial charge in [0.15, 0.2) is 0 Å². The monoisotopic (exact) mass is 205 g/mol. The molecule has 3 nitrogen and oxygen atoms in total. The predicted molar refractivity (Wildman–Crippen MR) is 60.8 cm³/mol. The normalized spacial score (nSPS) is 33.5. The lowest BCUT2D eigenvalue weighted by molar-refractivity contribution is 0.440. The predicted octanol–water partition coefficient (Wildman–Crippen LogP) is 2.50. The molecular weight excluding hydrogens is 186 g/mol. The van der Waals surface area contributed by atoms with E-state index in [-0.39, 0.29) is 0 Å². The number of hydrogen-bond donors (Lipinski definition) is 1. The van der Waals surface area contributed by atoms with Crippen LogP contribution in [0.4, 0.5) is 5.69 Å². The molecule has 0 amide bonds. The van der Waals surface area contributed by atoms with E-state index in [1.807, 2.05) is 10.9 Å². The first-order valence-electron chi connectivity index (χ1n) is 6.14. The highest BCUT2D eigenvalue weighted by Crippen LogP contribution is 2.45. The van der Waals surface area contributed by atoms with E-state index in [4.69, 9.17) is 0 Å². The van der Waals surface area contributed by atoms with E-state index in [0.29, 0.717) is 0 Å². The largest absolute Gasteiger partial charge is 0.379 e. The Morgan fingerprint density at radius 3 is 3.00 bits per heavy atom. The number of aryl methyl sites for hydroxylation is 1. The highest BCUT2D eigenvalue weighted by Gasteiger charge is 2.39. The Labute approximate surface area is 90.9 Å². The number of fused-ring (bicyclic) bond motifs is 2. The van der Waals surface area contributed by atoms with Gasteiger partial charge in [0.05, 0.1) is 11.9 Å². The summed E-state index contributed by atoms with van der Waals surface area (Å²) in [5.41, 5.74) is 1.20. The van der Waals surface area contributed by atoms with Crippen LogP contribution in [0, 0.1) is 11.8 Å². The minimum Gasteiger partial charge on any atom is -0.379 e. The third-order valence-electron chi connectivity index (χ3n) is 4.05. The Morgan fingerprint density at radius 1 is 1.47 bits per heavy atom. The summed E-state index contributed by atoms with van der Waals surface area (Å²) < 4.78 is 1.98. The van der Waals surface area contributed by atoms with Crippen LogP contribution in [-0.4, -0.2) is 15.8 Å². The molecule has 1 aromatic rings. The van der Waals surface area contributed by atoms with Gasteiger partial charge >= 0.3 is 0 Å². The Morgan fingerprint density at radius 2 is 2.40 bits per heavy atom. The van der Waals surface area contributed by atoms with Gasteiger partial charge in [-0.1, -0.05) is 6.42 Å². The smallest absolute Gasteiger partial charge is 0.0728 e. The third kappa shape index (κ3) is 1.64. The average Bonchev–Trinajstić information content (AvgIpc) is 2.92. The van der Waals surface area contributed by atoms with Crippen molar-refractivity contribution < 1.29 is 0 Å². The van der Waals surface area contributed by atoms with E-state index >= 15 is 0 Å². The molecule has 2 aliphatic rings. The molecule has 2 saturated carbocycles. The fourth-order valence-electron chi connectivity index (χ4n) is 3.25. The van der Waals surface area contributed by atoms with E-state index in [2.05, 4.69) is 23.5 Å². The number of anilines is 1. The Bertz CT molecular complexity index is 344. The zero-order chi connectivity index (χ0) is 10.3. The van der Waals surface area contributed by atoms with E-state index in [1.165, 1.54) is 31.4 Å². The summed E-state index contributed by atoms with van der Waals surface area (Å²) in [6, 6.07) is 0.721. The molecule has 15 heavy (non-hydrogen) atoms. The molecule has 3 rings (SSSR count). The molecule has 3 atom stereocenters. The van der Waals surface area contributed by atoms with Gasteiger partial charge in [0.25, 0.3) is 0 Å². The summed E-state index contributed by atoms with van der Waals surface area (Å²) in [4.78, 5) is 0. The van der Waals surface area contributed by atoms with Crippen LogP contribution in [0.1, 0.15) is 32.6 Å². The van der Waals surface area contributed by atoms with E-state index in [9.17, 15) is 0 Å². The molecule has 2 fully saturated rings. The Kier molecular flexibility index (Phi) is 2.19. The van der Waals surface area contributed by atoms with Crippen molar-refractivity contribution in [3.63, 3.8) is 0 Å². The molecule has 2 bridgehead atoms. The molecule has 0 aliphatic heterocycles. The first-order chi connectivity index (χ1) is 7.35. The average molecular weight is 205 g/mol. The fraction of sp³-hybridized carbons (Fsp3) is 0.750. The van der Waals surface area contributed by atoms with Gasteiger partial charge in [-0.05, 0) is 38.0 Å². The SMILES string of the molecule is CCn1cc(NC2CC3CCC2C3)cn1. The van der Waals surface area contributed by atoms with Gasteiger partial charge in [0.2, 0.25) is 0 Å². The second-order valence-electron chi connectivity index (χ2n) is 5.01. The lowest BCUT2D eigenvalue weighted by Crippen LogP contribution is -2.25. The van der Waals surface area contributed by atoms with Crippen LogP contribution in [0.25, 0.3) is 0 Å². The van der Waals surface area contributed by atoms with Crippen molar-refractivity contribution in [2.24, 2.45) is 11.8 Å². The molecule has 2 aliphatic carbocycles. The van der Waals surface area contributed by atoms with Crippen molar-refractivity contribution in [2.45, 2.75) is 45.2 Å². The van der Waals surface area contributed by atoms with Crippen LogP contribution in [-0.2, 0) is 6.54 Å². The standard InChI is InChI=1S/C12H19N3/c1-2-15-8-11(7-13-15)14-12-6-9-3-4-10(12)5-9/h7-10,12,14H,2-6H2,1H3. The summed E-state index contributed by atoms with van der Waals surface area (Å²) in [7, 11) is 0. The van der Waals surface area contributed by atoms with Gasteiger partial charge in [-0.3, -0.25) is 4.68 Å². The number of aromatic nitrogens is 2. The molecule has 1 N–H and O–H groups in total. The van der Waals surface area contributed by atoms with Gasteiger partial charge in [-0.2, -0.15) is 5.10 Å². The van der Waals surface area contributed by atoms with E-state index in [1.54, 1.807) is 0 Å². The van der Waals surface area contributed by atoms with Crippen molar-refractivity contribution >= 4 is 5.69 Å². The lowest BCUT2D eigenvalue weighted by Gasteiger charge is -2.22. The van der Waals surface area contributed by atoms with Crippen LogP contribution in [0.15, 0.2) is 12.4 Å². The molecule has 3 unspecified atom stereocenters. The highest BCUT2D eigenvalue weighted by molar-refractivity contribution is 5.40. The summed E-state index contributed by atoms with van der Waals surface area (Å²) in [5, 5.41) is 7.94. The van der Waals surface area contributed by atoms with Crippen LogP contribution >= 0.6 is 0 Å². The van der Waals surface area contributed by atoms with Crippen molar-refractivity contribution in [1.82, 2.24) is 9.78 Å². The molecule has 0 spiro atoms. The van der Waals surface area contributed by atoms with Crippen molar-refractivity contribution in [3.05, 3.63) is 12.4 Å². The summed E-state index contributed by atoms with van der Waals surface area (Å²) in [5.74, 6) is 1.94. The minimum atomic E-state index is 0.721. The number of nitrogens with zero attached hydrogens (tertiary/aromatic N) is 2. The van der Waals surface area contributed by atoms with E-state index in [0.717, 1.165) is 24.4 Å². The van der Waals surface area contributed by atoms with Crippen molar-refractivity contribution in [1.29, 1.82) is 0 Å². The summed E-state index contributed by atoms with van der Waals surface area (Å²) >= 11 is 0. The number of rotatable bonds is 3. The van der Waals surface area contributed by atoms with Crippen LogP contribution in [0.3, 0.4) is 0 Å². The summed E-state index contributed by atoms with van der Waals surface area (Å²) in [6.45, 7) is 3.08. The first kappa shape index (κ1) is 9.25. The second kappa shape index (κ2) is 3.54. The Balaban J connectivity index is 1.65. The molecule has 1 heterocycles. The summed E-state index contributed by atoms with van der Waals surface area (Å²) in [6.07, 6.45) is 9.81. The maximum absolute atomic E-state index is 4.29. The van der Waals surface area contributed by atoms with E-state index < -0.39 is 0 Å². The topological polar surface area (TPSA) is 29.9 Å². The van der Waals surface area contributed by atoms with Gasteiger partial charge in [0, 0.05) is 18.8 Å². The van der Waals surface area contributed by atoms with Crippen molar-refractivity contribution in [3.8, 4) is 0 Å². The Hall–Kier alpha value is -0.990. The van der Waals surface area contributed by atoms with Crippen LogP contribution < -0.4 is 5.32 Å². The lowest BCUT2D eigenvalue weighted by atomic mass is 9.95. The number of nitrogens with one attached hydrogen (secondary N) is 1. The maximum Gasteiger partial charge on any atom is 0.0728 e. The quantitative estimate of drug-likeness (QED) is 0.821. The molecular formula is C12H19N3. The third-order valence-corrected chi connectivity index (χ3v) is 4.05. The fourth-order valence-corrected chi connectivity index (χ4v) is 3.25. The maximum atomic E-state index is 4.29. The molecule has 0 aromatic carbocycles. The van der Waals surface area contributed by atoms with Gasteiger partial charge in [0.1, 0.15) is 0 Å². The zero-order valence-electron chi connectivity index (χ0n) is 9.32. The van der Waals surface area contributed by atoms with Gasteiger partial charge in [-0.15, -0.1) is 0 Å². The molecule has 0 radical (unpaired) electrons. The molecule has 82 valence electrons. The van der Waals surface area contributed by atoms with Crippen LogP contribution in [0.5, 0.6) is 0 Å². The zero-order valence-corrected chi connectivity index (χ0v) is 9.32. The highest BCUT2D eigenvalue weighted by atomic mass is 15.3. The second-order valence-corrected chi connectivity index (χ2v) is 5.01. The van der Waals surface area contributed by atoms with Gasteiger partial charge < -0.3 is 5.32 Å².